The van der Waals surface area contributed by atoms with Gasteiger partial charge in [0, 0.05) is 5.75 Å². The molecule has 0 radical (unpaired) electrons. The van der Waals surface area contributed by atoms with Crippen LogP contribution in [0.1, 0.15) is 66.2 Å². The summed E-state index contributed by atoms with van der Waals surface area (Å²) in [5.74, 6) is 0.261. The van der Waals surface area contributed by atoms with E-state index in [4.69, 9.17) is 9.84 Å². The Morgan fingerprint density at radius 1 is 1.14 bits per heavy atom. The van der Waals surface area contributed by atoms with Crippen LogP contribution in [-0.4, -0.2) is 40.3 Å². The van der Waals surface area contributed by atoms with E-state index in [1.54, 1.807) is 32.5 Å². The molecule has 1 amide bonds. The van der Waals surface area contributed by atoms with E-state index in [2.05, 4.69) is 12.2 Å². The van der Waals surface area contributed by atoms with E-state index < -0.39 is 23.7 Å². The predicted molar refractivity (Wildman–Crippen MR) is 91.5 cm³/mol. The molecule has 0 aromatic rings. The summed E-state index contributed by atoms with van der Waals surface area (Å²) in [5, 5.41) is 11.5. The van der Waals surface area contributed by atoms with Crippen LogP contribution in [0.4, 0.5) is 4.79 Å². The van der Waals surface area contributed by atoms with E-state index in [-0.39, 0.29) is 0 Å². The summed E-state index contributed by atoms with van der Waals surface area (Å²) in [5.41, 5.74) is -0.626. The minimum Gasteiger partial charge on any atom is -0.480 e. The number of hydrogen-bond acceptors (Lipinski definition) is 4. The Labute approximate surface area is 138 Å². The Hall–Kier alpha value is -0.910. The van der Waals surface area contributed by atoms with Crippen LogP contribution in [0, 0.1) is 0 Å². The van der Waals surface area contributed by atoms with Crippen molar-refractivity contribution < 1.29 is 19.4 Å². The molecular weight excluding hydrogens is 302 g/mol. The number of ether oxygens (including phenoxy) is 1. The highest BCUT2D eigenvalue weighted by atomic mass is 32.2. The summed E-state index contributed by atoms with van der Waals surface area (Å²) >= 11 is 1.56. The highest BCUT2D eigenvalue weighted by Gasteiger charge is 2.23. The fourth-order valence-corrected chi connectivity index (χ4v) is 2.85. The minimum atomic E-state index is -1.03. The highest BCUT2D eigenvalue weighted by molar-refractivity contribution is 7.99. The van der Waals surface area contributed by atoms with Crippen molar-refractivity contribution >= 4 is 23.8 Å². The SMILES string of the molecule is CCCCCCCCSC[C@H](NC(=O)OC(C)(C)C)C(=O)O. The molecule has 1 atom stereocenters. The molecule has 0 rings (SSSR count). The summed E-state index contributed by atoms with van der Waals surface area (Å²) < 4.78 is 5.08. The molecule has 0 saturated heterocycles. The molecule has 6 heteroatoms. The van der Waals surface area contributed by atoms with Crippen molar-refractivity contribution in [2.75, 3.05) is 11.5 Å². The van der Waals surface area contributed by atoms with E-state index in [0.717, 1.165) is 12.2 Å². The maximum atomic E-state index is 11.6. The van der Waals surface area contributed by atoms with Gasteiger partial charge in [-0.05, 0) is 32.9 Å². The molecule has 22 heavy (non-hydrogen) atoms. The maximum absolute atomic E-state index is 11.6. The van der Waals surface area contributed by atoms with E-state index in [0.29, 0.717) is 5.75 Å². The number of nitrogens with one attached hydrogen (secondary N) is 1. The average molecular weight is 333 g/mol. The van der Waals surface area contributed by atoms with Gasteiger partial charge in [-0.25, -0.2) is 9.59 Å². The normalized spacial score (nSPS) is 12.7. The molecule has 0 aromatic carbocycles. The molecule has 0 heterocycles. The first-order valence-corrected chi connectivity index (χ1v) is 9.21. The van der Waals surface area contributed by atoms with Crippen molar-refractivity contribution in [1.29, 1.82) is 0 Å². The van der Waals surface area contributed by atoms with Gasteiger partial charge < -0.3 is 15.2 Å². The van der Waals surface area contributed by atoms with Crippen molar-refractivity contribution in [3.05, 3.63) is 0 Å². The van der Waals surface area contributed by atoms with Gasteiger partial charge in [0.25, 0.3) is 0 Å². The third-order valence-corrected chi connectivity index (χ3v) is 4.06. The predicted octanol–water partition coefficient (Wildman–Crippen LogP) is 4.06. The summed E-state index contributed by atoms with van der Waals surface area (Å²) in [7, 11) is 0. The van der Waals surface area contributed by atoms with Crippen LogP contribution in [0.5, 0.6) is 0 Å². The quantitative estimate of drug-likeness (QED) is 0.558. The molecule has 0 spiro atoms. The summed E-state index contributed by atoms with van der Waals surface area (Å²) in [4.78, 5) is 22.8. The molecule has 0 fully saturated rings. The lowest BCUT2D eigenvalue weighted by Gasteiger charge is -2.21. The number of carbonyl (C=O) groups excluding carboxylic acids is 1. The Morgan fingerprint density at radius 3 is 2.27 bits per heavy atom. The van der Waals surface area contributed by atoms with E-state index in [1.165, 1.54) is 32.1 Å². The third-order valence-electron chi connectivity index (χ3n) is 2.92. The van der Waals surface area contributed by atoms with Crippen molar-refractivity contribution in [1.82, 2.24) is 5.32 Å². The van der Waals surface area contributed by atoms with Gasteiger partial charge in [-0.3, -0.25) is 0 Å². The van der Waals surface area contributed by atoms with Gasteiger partial charge >= 0.3 is 12.1 Å². The number of amides is 1. The van der Waals surface area contributed by atoms with Crippen molar-refractivity contribution in [2.45, 2.75) is 77.9 Å². The van der Waals surface area contributed by atoms with Crippen molar-refractivity contribution in [3.8, 4) is 0 Å². The smallest absolute Gasteiger partial charge is 0.408 e. The number of thioether (sulfide) groups is 1. The molecule has 0 saturated carbocycles. The van der Waals surface area contributed by atoms with Crippen LogP contribution in [0.2, 0.25) is 0 Å². The van der Waals surface area contributed by atoms with E-state index in [9.17, 15) is 9.59 Å². The lowest BCUT2D eigenvalue weighted by molar-refractivity contribution is -0.138. The van der Waals surface area contributed by atoms with Crippen molar-refractivity contribution in [2.24, 2.45) is 0 Å². The molecule has 0 aliphatic rings. The number of aliphatic carboxylic acids is 1. The van der Waals surface area contributed by atoms with Gasteiger partial charge in [0.15, 0.2) is 0 Å². The zero-order valence-corrected chi connectivity index (χ0v) is 15.1. The fraction of sp³-hybridized carbons (Fsp3) is 0.875. The van der Waals surface area contributed by atoms with Crippen LogP contribution >= 0.6 is 11.8 Å². The summed E-state index contributed by atoms with van der Waals surface area (Å²) in [6, 6.07) is -0.903. The zero-order chi connectivity index (χ0) is 17.0. The lowest BCUT2D eigenvalue weighted by Crippen LogP contribution is -2.45. The first kappa shape index (κ1) is 21.1. The van der Waals surface area contributed by atoms with Gasteiger partial charge in [0.2, 0.25) is 0 Å². The van der Waals surface area contributed by atoms with Crippen LogP contribution in [0.15, 0.2) is 0 Å². The maximum Gasteiger partial charge on any atom is 0.408 e. The van der Waals surface area contributed by atoms with Gasteiger partial charge in [0.05, 0.1) is 0 Å². The Morgan fingerprint density at radius 2 is 1.73 bits per heavy atom. The van der Waals surface area contributed by atoms with Crippen LogP contribution in [-0.2, 0) is 9.53 Å². The molecule has 0 bridgehead atoms. The van der Waals surface area contributed by atoms with Gasteiger partial charge in [0.1, 0.15) is 11.6 Å². The molecule has 130 valence electrons. The number of rotatable bonds is 11. The molecule has 0 aliphatic heterocycles. The number of carbonyl (C=O) groups is 2. The second kappa shape index (κ2) is 11.6. The first-order chi connectivity index (χ1) is 10.3. The summed E-state index contributed by atoms with van der Waals surface area (Å²) in [6.45, 7) is 7.43. The first-order valence-electron chi connectivity index (χ1n) is 8.06. The standard InChI is InChI=1S/C16H31NO4S/c1-5-6-7-8-9-10-11-22-12-13(14(18)19)17-15(20)21-16(2,3)4/h13H,5-12H2,1-4H3,(H,17,20)(H,18,19)/t13-/m0/s1. The van der Waals surface area contributed by atoms with Gasteiger partial charge in [-0.2, -0.15) is 11.8 Å². The molecule has 0 unspecified atom stereocenters. The third kappa shape index (κ3) is 12.8. The monoisotopic (exact) mass is 333 g/mol. The Kier molecular flexibility index (Phi) is 11.1. The van der Waals surface area contributed by atoms with Crippen molar-refractivity contribution in [3.63, 3.8) is 0 Å². The van der Waals surface area contributed by atoms with Crippen LogP contribution < -0.4 is 5.32 Å². The van der Waals surface area contributed by atoms with Crippen LogP contribution in [0.3, 0.4) is 0 Å². The minimum absolute atomic E-state index is 0.365. The average Bonchev–Trinajstić information content (AvgIpc) is 2.38. The highest BCUT2D eigenvalue weighted by Crippen LogP contribution is 2.12. The Bertz CT molecular complexity index is 329. The zero-order valence-electron chi connectivity index (χ0n) is 14.3. The number of carboxylic acid groups (broad SMARTS) is 1. The van der Waals surface area contributed by atoms with E-state index in [1.807, 2.05) is 0 Å². The second-order valence-corrected chi connectivity index (χ2v) is 7.53. The molecule has 2 N–H and O–H groups in total. The molecule has 5 nitrogen and oxygen atoms in total. The number of hydrogen-bond donors (Lipinski definition) is 2. The lowest BCUT2D eigenvalue weighted by atomic mass is 10.1. The molecular formula is C16H31NO4S. The van der Waals surface area contributed by atoms with Gasteiger partial charge in [-0.1, -0.05) is 39.0 Å². The number of carboxylic acids is 1. The second-order valence-electron chi connectivity index (χ2n) is 6.38. The summed E-state index contributed by atoms with van der Waals surface area (Å²) in [6.07, 6.45) is 6.64. The fourth-order valence-electron chi connectivity index (χ4n) is 1.81. The van der Waals surface area contributed by atoms with Crippen LogP contribution in [0.25, 0.3) is 0 Å². The number of alkyl carbamates (subject to hydrolysis) is 1. The molecule has 0 aromatic heterocycles. The molecule has 0 aliphatic carbocycles. The largest absolute Gasteiger partial charge is 0.480 e. The van der Waals surface area contributed by atoms with Gasteiger partial charge in [-0.15, -0.1) is 0 Å². The van der Waals surface area contributed by atoms with E-state index >= 15 is 0 Å². The topological polar surface area (TPSA) is 75.6 Å². The number of unbranched alkanes of at least 4 members (excludes halogenated alkanes) is 5. The Balaban J connectivity index is 3.87.